The zero-order valence-electron chi connectivity index (χ0n) is 12.7. The molecule has 0 spiro atoms. The first-order chi connectivity index (χ1) is 9.86. The van der Waals surface area contributed by atoms with Crippen molar-refractivity contribution in [3.05, 3.63) is 29.8 Å². The molecule has 1 saturated carbocycles. The van der Waals surface area contributed by atoms with Gasteiger partial charge in [-0.3, -0.25) is 4.79 Å². The molecular weight excluding hydrogens is 288 g/mol. The van der Waals surface area contributed by atoms with Crippen LogP contribution in [-0.4, -0.2) is 27.8 Å². The molecule has 0 saturated heterocycles. The Labute approximate surface area is 126 Å². The standard InChI is InChI=1S/C16H22O4S/c1-4-11(8-13-10-15(13)16(17)20-2)12-6-5-7-14(9-12)21(3,18)19/h5-7,9,11,13,15H,4,8,10H2,1-3H3. The molecule has 0 aliphatic heterocycles. The van der Waals surface area contributed by atoms with E-state index in [9.17, 15) is 13.2 Å². The fourth-order valence-electron chi connectivity index (χ4n) is 2.85. The Hall–Kier alpha value is -1.36. The topological polar surface area (TPSA) is 60.4 Å². The molecule has 1 aromatic carbocycles. The quantitative estimate of drug-likeness (QED) is 0.758. The van der Waals surface area contributed by atoms with Gasteiger partial charge in [0.25, 0.3) is 0 Å². The summed E-state index contributed by atoms with van der Waals surface area (Å²) in [5.74, 6) is 0.553. The van der Waals surface area contributed by atoms with Crippen LogP contribution in [-0.2, 0) is 19.4 Å². The Morgan fingerprint density at radius 2 is 2.14 bits per heavy atom. The van der Waals surface area contributed by atoms with Crippen LogP contribution in [0.4, 0.5) is 0 Å². The molecule has 0 bridgehead atoms. The molecule has 1 aromatic rings. The predicted octanol–water partition coefficient (Wildman–Crippen LogP) is 2.78. The lowest BCUT2D eigenvalue weighted by Gasteiger charge is -2.16. The third-order valence-corrected chi connectivity index (χ3v) is 5.37. The maximum absolute atomic E-state index is 11.6. The summed E-state index contributed by atoms with van der Waals surface area (Å²) in [5.41, 5.74) is 1.04. The average Bonchev–Trinajstić information content (AvgIpc) is 3.22. The number of rotatable bonds is 6. The van der Waals surface area contributed by atoms with Crippen molar-refractivity contribution in [2.24, 2.45) is 11.8 Å². The van der Waals surface area contributed by atoms with Crippen LogP contribution in [0.15, 0.2) is 29.2 Å². The minimum Gasteiger partial charge on any atom is -0.469 e. The molecule has 4 nitrogen and oxygen atoms in total. The lowest BCUT2D eigenvalue weighted by Crippen LogP contribution is -2.07. The summed E-state index contributed by atoms with van der Waals surface area (Å²) in [7, 11) is -1.76. The highest BCUT2D eigenvalue weighted by atomic mass is 32.2. The average molecular weight is 310 g/mol. The zero-order chi connectivity index (χ0) is 15.6. The smallest absolute Gasteiger partial charge is 0.308 e. The van der Waals surface area contributed by atoms with Crippen molar-refractivity contribution in [3.8, 4) is 0 Å². The molecule has 3 atom stereocenters. The first-order valence-electron chi connectivity index (χ1n) is 7.24. The van der Waals surface area contributed by atoms with Crippen molar-refractivity contribution in [1.29, 1.82) is 0 Å². The van der Waals surface area contributed by atoms with Crippen LogP contribution in [0.1, 0.15) is 37.7 Å². The van der Waals surface area contributed by atoms with Gasteiger partial charge in [0, 0.05) is 6.26 Å². The number of hydrogen-bond acceptors (Lipinski definition) is 4. The van der Waals surface area contributed by atoms with Gasteiger partial charge in [-0.15, -0.1) is 0 Å². The van der Waals surface area contributed by atoms with Crippen LogP contribution < -0.4 is 0 Å². The highest BCUT2D eigenvalue weighted by molar-refractivity contribution is 7.90. The van der Waals surface area contributed by atoms with E-state index in [2.05, 4.69) is 6.92 Å². The Morgan fingerprint density at radius 1 is 1.43 bits per heavy atom. The van der Waals surface area contributed by atoms with E-state index in [0.717, 1.165) is 24.8 Å². The SMILES string of the molecule is CCC(CC1CC1C(=O)OC)c1cccc(S(C)(=O)=O)c1. The number of benzene rings is 1. The molecule has 1 fully saturated rings. The molecule has 0 amide bonds. The lowest BCUT2D eigenvalue weighted by molar-refractivity contribution is -0.142. The molecule has 2 rings (SSSR count). The molecule has 5 heteroatoms. The fraction of sp³-hybridized carbons (Fsp3) is 0.562. The number of sulfone groups is 1. The largest absolute Gasteiger partial charge is 0.469 e. The summed E-state index contributed by atoms with van der Waals surface area (Å²) in [5, 5.41) is 0. The number of esters is 1. The maximum atomic E-state index is 11.6. The Balaban J connectivity index is 2.10. The highest BCUT2D eigenvalue weighted by Gasteiger charge is 2.44. The van der Waals surface area contributed by atoms with Crippen molar-refractivity contribution in [2.45, 2.75) is 37.0 Å². The van der Waals surface area contributed by atoms with E-state index >= 15 is 0 Å². The van der Waals surface area contributed by atoms with Crippen LogP contribution in [0.2, 0.25) is 0 Å². The fourth-order valence-corrected chi connectivity index (χ4v) is 3.53. The summed E-state index contributed by atoms with van der Waals surface area (Å²) in [6.07, 6.45) is 3.94. The minimum absolute atomic E-state index is 0.0298. The van der Waals surface area contributed by atoms with Gasteiger partial charge in [-0.25, -0.2) is 8.42 Å². The van der Waals surface area contributed by atoms with Crippen molar-refractivity contribution in [3.63, 3.8) is 0 Å². The van der Waals surface area contributed by atoms with E-state index in [1.165, 1.54) is 13.4 Å². The van der Waals surface area contributed by atoms with Gasteiger partial charge >= 0.3 is 5.97 Å². The maximum Gasteiger partial charge on any atom is 0.308 e. The molecule has 21 heavy (non-hydrogen) atoms. The molecular formula is C16H22O4S. The predicted molar refractivity (Wildman–Crippen MR) is 80.8 cm³/mol. The zero-order valence-corrected chi connectivity index (χ0v) is 13.5. The summed E-state index contributed by atoms with van der Waals surface area (Å²) in [4.78, 5) is 11.8. The first-order valence-corrected chi connectivity index (χ1v) is 9.13. The molecule has 1 aliphatic rings. The number of carbonyl (C=O) groups is 1. The van der Waals surface area contributed by atoms with Crippen LogP contribution >= 0.6 is 0 Å². The lowest BCUT2D eigenvalue weighted by atomic mass is 9.91. The van der Waals surface area contributed by atoms with E-state index in [0.29, 0.717) is 10.8 Å². The second-order valence-corrected chi connectivity index (χ2v) is 7.83. The Bertz CT molecular complexity index is 621. The highest BCUT2D eigenvalue weighted by Crippen LogP contribution is 2.46. The van der Waals surface area contributed by atoms with E-state index in [-0.39, 0.29) is 17.8 Å². The Kier molecular flexibility index (Phi) is 4.71. The summed E-state index contributed by atoms with van der Waals surface area (Å²) in [6, 6.07) is 7.15. The van der Waals surface area contributed by atoms with Crippen LogP contribution in [0.25, 0.3) is 0 Å². The first kappa shape index (κ1) is 16.0. The van der Waals surface area contributed by atoms with Gasteiger partial charge in [-0.2, -0.15) is 0 Å². The molecule has 0 aromatic heterocycles. The minimum atomic E-state index is -3.18. The molecule has 0 N–H and O–H groups in total. The van der Waals surface area contributed by atoms with Gasteiger partial charge in [0.05, 0.1) is 17.9 Å². The second kappa shape index (κ2) is 6.18. The van der Waals surface area contributed by atoms with E-state index in [1.54, 1.807) is 18.2 Å². The summed E-state index contributed by atoms with van der Waals surface area (Å²) < 4.78 is 28.1. The van der Waals surface area contributed by atoms with Gasteiger partial charge in [0.15, 0.2) is 9.84 Å². The van der Waals surface area contributed by atoms with Crippen LogP contribution in [0.5, 0.6) is 0 Å². The molecule has 116 valence electrons. The van der Waals surface area contributed by atoms with E-state index < -0.39 is 9.84 Å². The number of hydrogen-bond donors (Lipinski definition) is 0. The summed E-state index contributed by atoms with van der Waals surface area (Å²) in [6.45, 7) is 2.09. The number of carbonyl (C=O) groups excluding carboxylic acids is 1. The monoisotopic (exact) mass is 310 g/mol. The molecule has 3 unspecified atom stereocenters. The van der Waals surface area contributed by atoms with Gasteiger partial charge in [-0.05, 0) is 48.8 Å². The second-order valence-electron chi connectivity index (χ2n) is 5.81. The van der Waals surface area contributed by atoms with Crippen LogP contribution in [0.3, 0.4) is 0 Å². The van der Waals surface area contributed by atoms with Crippen LogP contribution in [0, 0.1) is 11.8 Å². The molecule has 1 aliphatic carbocycles. The van der Waals surface area contributed by atoms with Gasteiger partial charge in [0.1, 0.15) is 0 Å². The normalized spacial score (nSPS) is 22.6. The summed E-state index contributed by atoms with van der Waals surface area (Å²) >= 11 is 0. The molecule has 0 heterocycles. The van der Waals surface area contributed by atoms with Gasteiger partial charge in [0.2, 0.25) is 0 Å². The number of methoxy groups -OCH3 is 1. The molecule has 0 radical (unpaired) electrons. The third-order valence-electron chi connectivity index (χ3n) is 4.26. The third kappa shape index (κ3) is 3.84. The van der Waals surface area contributed by atoms with Crippen molar-refractivity contribution in [1.82, 2.24) is 0 Å². The van der Waals surface area contributed by atoms with E-state index in [4.69, 9.17) is 4.74 Å². The van der Waals surface area contributed by atoms with Gasteiger partial charge in [-0.1, -0.05) is 19.1 Å². The van der Waals surface area contributed by atoms with Crippen molar-refractivity contribution < 1.29 is 17.9 Å². The van der Waals surface area contributed by atoms with Gasteiger partial charge < -0.3 is 4.74 Å². The van der Waals surface area contributed by atoms with E-state index in [1.807, 2.05) is 6.07 Å². The number of ether oxygens (including phenoxy) is 1. The Morgan fingerprint density at radius 3 is 2.71 bits per heavy atom. The van der Waals surface area contributed by atoms with Crippen molar-refractivity contribution >= 4 is 15.8 Å². The van der Waals surface area contributed by atoms with Crippen molar-refractivity contribution in [2.75, 3.05) is 13.4 Å².